The molecule has 0 spiro atoms. The number of rotatable bonds is 6. The highest BCUT2D eigenvalue weighted by atomic mass is 32.2. The highest BCUT2D eigenvalue weighted by Gasteiger charge is 2.11. The fourth-order valence-corrected chi connectivity index (χ4v) is 2.60. The number of thioether (sulfide) groups is 1. The van der Waals surface area contributed by atoms with Crippen molar-refractivity contribution in [2.75, 3.05) is 12.9 Å². The number of aliphatic hydroxyl groups is 1. The van der Waals surface area contributed by atoms with Crippen molar-refractivity contribution in [2.45, 2.75) is 11.1 Å². The van der Waals surface area contributed by atoms with Crippen molar-refractivity contribution < 1.29 is 19.7 Å². The van der Waals surface area contributed by atoms with E-state index in [4.69, 9.17) is 9.84 Å². The first-order valence-electron chi connectivity index (χ1n) is 6.24. The maximum atomic E-state index is 10.9. The Bertz CT molecular complexity index is 633. The molecule has 2 N–H and O–H groups in total. The molecular weight excluding hydrogens is 290 g/mol. The lowest BCUT2D eigenvalue weighted by Gasteiger charge is -2.11. The topological polar surface area (TPSA) is 79.7 Å². The lowest BCUT2D eigenvalue weighted by molar-refractivity contribution is 0.0696. The van der Waals surface area contributed by atoms with Crippen LogP contribution in [-0.2, 0) is 0 Å². The van der Waals surface area contributed by atoms with Crippen LogP contribution in [0, 0.1) is 0 Å². The predicted octanol–water partition coefficient (Wildman–Crippen LogP) is 2.61. The number of carboxylic acids is 1. The van der Waals surface area contributed by atoms with Gasteiger partial charge < -0.3 is 14.9 Å². The summed E-state index contributed by atoms with van der Waals surface area (Å²) < 4.78 is 5.11. The standard InChI is InChI=1S/C15H15NO4S/c1-20-12-4-2-3-10(7-12)13(17)9-21-14-8-11(15(18)19)5-6-16-14/h2-8,13,17H,9H2,1H3,(H,18,19). The molecule has 1 atom stereocenters. The molecular formula is C15H15NO4S. The summed E-state index contributed by atoms with van der Waals surface area (Å²) in [5.74, 6) is 0.0682. The fraction of sp³-hybridized carbons (Fsp3) is 0.200. The minimum atomic E-state index is -0.993. The molecule has 0 amide bonds. The molecule has 2 aromatic rings. The van der Waals surface area contributed by atoms with Crippen LogP contribution in [0.4, 0.5) is 0 Å². The molecule has 0 radical (unpaired) electrons. The second kappa shape index (κ2) is 7.10. The Balaban J connectivity index is 2.01. The van der Waals surface area contributed by atoms with Gasteiger partial charge in [-0.05, 0) is 29.8 Å². The summed E-state index contributed by atoms with van der Waals surface area (Å²) in [4.78, 5) is 15.0. The van der Waals surface area contributed by atoms with E-state index in [1.54, 1.807) is 19.2 Å². The second-order valence-electron chi connectivity index (χ2n) is 4.29. The lowest BCUT2D eigenvalue weighted by atomic mass is 10.1. The van der Waals surface area contributed by atoms with Gasteiger partial charge in [0, 0.05) is 11.9 Å². The molecule has 0 saturated heterocycles. The molecule has 5 nitrogen and oxygen atoms in total. The van der Waals surface area contributed by atoms with Gasteiger partial charge in [0.2, 0.25) is 0 Å². The van der Waals surface area contributed by atoms with Crippen molar-refractivity contribution in [2.24, 2.45) is 0 Å². The number of hydrogen-bond donors (Lipinski definition) is 2. The van der Waals surface area contributed by atoms with Crippen molar-refractivity contribution >= 4 is 17.7 Å². The fourth-order valence-electron chi connectivity index (χ4n) is 1.73. The Morgan fingerprint density at radius 3 is 2.90 bits per heavy atom. The minimum absolute atomic E-state index is 0.184. The van der Waals surface area contributed by atoms with E-state index in [-0.39, 0.29) is 5.56 Å². The highest BCUT2D eigenvalue weighted by molar-refractivity contribution is 7.99. The van der Waals surface area contributed by atoms with Gasteiger partial charge in [-0.1, -0.05) is 12.1 Å². The van der Waals surface area contributed by atoms with E-state index in [0.717, 1.165) is 5.56 Å². The average molecular weight is 305 g/mol. The van der Waals surface area contributed by atoms with E-state index in [1.807, 2.05) is 12.1 Å². The lowest BCUT2D eigenvalue weighted by Crippen LogP contribution is -2.02. The van der Waals surface area contributed by atoms with Gasteiger partial charge in [0.05, 0.1) is 23.8 Å². The van der Waals surface area contributed by atoms with Crippen LogP contribution in [-0.4, -0.2) is 34.0 Å². The predicted molar refractivity (Wildman–Crippen MR) is 79.9 cm³/mol. The molecule has 0 fully saturated rings. The van der Waals surface area contributed by atoms with Gasteiger partial charge in [-0.15, -0.1) is 11.8 Å². The van der Waals surface area contributed by atoms with Gasteiger partial charge in [-0.25, -0.2) is 9.78 Å². The quantitative estimate of drug-likeness (QED) is 0.799. The number of aliphatic hydroxyl groups excluding tert-OH is 1. The van der Waals surface area contributed by atoms with Gasteiger partial charge in [0.1, 0.15) is 5.75 Å². The van der Waals surface area contributed by atoms with Crippen molar-refractivity contribution in [3.05, 3.63) is 53.7 Å². The van der Waals surface area contributed by atoms with E-state index >= 15 is 0 Å². The van der Waals surface area contributed by atoms with Gasteiger partial charge in [0.15, 0.2) is 0 Å². The summed E-state index contributed by atoms with van der Waals surface area (Å²) >= 11 is 1.30. The number of carboxylic acid groups (broad SMARTS) is 1. The third-order valence-corrected chi connectivity index (χ3v) is 3.85. The minimum Gasteiger partial charge on any atom is -0.497 e. The van der Waals surface area contributed by atoms with Crippen LogP contribution in [0.25, 0.3) is 0 Å². The number of aromatic carboxylic acids is 1. The first-order chi connectivity index (χ1) is 10.1. The number of hydrogen-bond acceptors (Lipinski definition) is 5. The van der Waals surface area contributed by atoms with E-state index in [2.05, 4.69) is 4.98 Å². The molecule has 21 heavy (non-hydrogen) atoms. The molecule has 6 heteroatoms. The van der Waals surface area contributed by atoms with E-state index in [9.17, 15) is 9.90 Å². The van der Waals surface area contributed by atoms with Crippen molar-refractivity contribution in [1.82, 2.24) is 4.98 Å². The highest BCUT2D eigenvalue weighted by Crippen LogP contribution is 2.25. The zero-order valence-electron chi connectivity index (χ0n) is 11.4. The van der Waals surface area contributed by atoms with Crippen LogP contribution >= 0.6 is 11.8 Å². The van der Waals surface area contributed by atoms with Crippen LogP contribution in [0.5, 0.6) is 5.75 Å². The Morgan fingerprint density at radius 2 is 2.19 bits per heavy atom. The molecule has 1 aromatic carbocycles. The molecule has 0 aliphatic carbocycles. The Labute approximate surface area is 126 Å². The number of aromatic nitrogens is 1. The average Bonchev–Trinajstić information content (AvgIpc) is 2.53. The molecule has 1 aromatic heterocycles. The van der Waals surface area contributed by atoms with Gasteiger partial charge in [-0.3, -0.25) is 0 Å². The Morgan fingerprint density at radius 1 is 1.38 bits per heavy atom. The van der Waals surface area contributed by atoms with Gasteiger partial charge >= 0.3 is 5.97 Å². The van der Waals surface area contributed by atoms with Crippen LogP contribution in [0.15, 0.2) is 47.6 Å². The Hall–Kier alpha value is -2.05. The van der Waals surface area contributed by atoms with E-state index < -0.39 is 12.1 Å². The summed E-state index contributed by atoms with van der Waals surface area (Å²) in [6.07, 6.45) is 0.768. The third-order valence-electron chi connectivity index (χ3n) is 2.85. The molecule has 1 heterocycles. The van der Waals surface area contributed by atoms with Crippen molar-refractivity contribution in [1.29, 1.82) is 0 Å². The summed E-state index contributed by atoms with van der Waals surface area (Å²) in [6.45, 7) is 0. The van der Waals surface area contributed by atoms with Gasteiger partial charge in [-0.2, -0.15) is 0 Å². The molecule has 0 aliphatic heterocycles. The monoisotopic (exact) mass is 305 g/mol. The zero-order valence-corrected chi connectivity index (χ0v) is 12.2. The second-order valence-corrected chi connectivity index (χ2v) is 5.33. The summed E-state index contributed by atoms with van der Waals surface area (Å²) in [7, 11) is 1.57. The van der Waals surface area contributed by atoms with Crippen LogP contribution in [0.2, 0.25) is 0 Å². The molecule has 0 saturated carbocycles. The zero-order chi connectivity index (χ0) is 15.2. The number of methoxy groups -OCH3 is 1. The van der Waals surface area contributed by atoms with E-state index in [0.29, 0.717) is 16.5 Å². The molecule has 0 aliphatic rings. The molecule has 110 valence electrons. The normalized spacial score (nSPS) is 11.9. The van der Waals surface area contributed by atoms with Gasteiger partial charge in [0.25, 0.3) is 0 Å². The smallest absolute Gasteiger partial charge is 0.335 e. The molecule has 0 bridgehead atoms. The summed E-state index contributed by atoms with van der Waals surface area (Å²) in [6, 6.07) is 10.1. The molecule has 1 unspecified atom stereocenters. The number of pyridine rings is 1. The summed E-state index contributed by atoms with van der Waals surface area (Å²) in [5, 5.41) is 19.6. The maximum Gasteiger partial charge on any atom is 0.335 e. The SMILES string of the molecule is COc1cccc(C(O)CSc2cc(C(=O)O)ccn2)c1. The van der Waals surface area contributed by atoms with Crippen LogP contribution in [0.3, 0.4) is 0 Å². The van der Waals surface area contributed by atoms with Crippen molar-refractivity contribution in [3.8, 4) is 5.75 Å². The first-order valence-corrected chi connectivity index (χ1v) is 7.23. The largest absolute Gasteiger partial charge is 0.497 e. The molecule has 2 rings (SSSR count). The summed E-state index contributed by atoms with van der Waals surface area (Å²) in [5.41, 5.74) is 0.930. The number of ether oxygens (including phenoxy) is 1. The van der Waals surface area contributed by atoms with Crippen LogP contribution < -0.4 is 4.74 Å². The maximum absolute atomic E-state index is 10.9. The third kappa shape index (κ3) is 4.21. The number of nitrogens with zero attached hydrogens (tertiary/aromatic N) is 1. The van der Waals surface area contributed by atoms with E-state index in [1.165, 1.54) is 30.1 Å². The van der Waals surface area contributed by atoms with Crippen molar-refractivity contribution in [3.63, 3.8) is 0 Å². The Kier molecular flexibility index (Phi) is 5.19. The first kappa shape index (κ1) is 15.3. The van der Waals surface area contributed by atoms with Crippen LogP contribution in [0.1, 0.15) is 22.0 Å². The number of benzene rings is 1. The number of carbonyl (C=O) groups is 1.